The number of aromatic nitrogens is 2. The number of hydrogen-bond acceptors (Lipinski definition) is 5. The minimum atomic E-state index is -4.48. The normalized spacial score (nSPS) is 17.0. The summed E-state index contributed by atoms with van der Waals surface area (Å²) in [5.74, 6) is -0.272. The number of nitrogens with one attached hydrogen (secondary N) is 1. The third kappa shape index (κ3) is 4.03. The van der Waals surface area contributed by atoms with Crippen LogP contribution in [0.5, 0.6) is 0 Å². The van der Waals surface area contributed by atoms with Crippen molar-refractivity contribution in [2.24, 2.45) is 0 Å². The van der Waals surface area contributed by atoms with Crippen molar-refractivity contribution in [1.29, 1.82) is 0 Å². The van der Waals surface area contributed by atoms with Crippen molar-refractivity contribution in [1.82, 2.24) is 9.55 Å². The predicted octanol–water partition coefficient (Wildman–Crippen LogP) is 5.14. The number of anilines is 2. The predicted molar refractivity (Wildman–Crippen MR) is 124 cm³/mol. The van der Waals surface area contributed by atoms with Gasteiger partial charge < -0.3 is 9.47 Å². The highest BCUT2D eigenvalue weighted by molar-refractivity contribution is 7.93. The number of sulfonamides is 1. The van der Waals surface area contributed by atoms with E-state index in [1.54, 1.807) is 22.2 Å². The Kier molecular flexibility index (Phi) is 5.36. The van der Waals surface area contributed by atoms with E-state index in [1.807, 2.05) is 0 Å². The Morgan fingerprint density at radius 2 is 1.88 bits per heavy atom. The molecule has 1 aliphatic rings. The first-order chi connectivity index (χ1) is 16.1. The lowest BCUT2D eigenvalue weighted by atomic mass is 10.1. The van der Waals surface area contributed by atoms with Gasteiger partial charge in [-0.3, -0.25) is 9.52 Å². The van der Waals surface area contributed by atoms with Crippen molar-refractivity contribution in [3.05, 3.63) is 71.9 Å². The Bertz CT molecular complexity index is 1470. The lowest BCUT2D eigenvalue weighted by molar-refractivity contribution is -0.137. The summed E-state index contributed by atoms with van der Waals surface area (Å²) < 4.78 is 68.5. The molecule has 34 heavy (non-hydrogen) atoms. The van der Waals surface area contributed by atoms with Crippen molar-refractivity contribution < 1.29 is 27.8 Å². The number of alkyl halides is 3. The Labute approximate surface area is 198 Å². The maximum atomic E-state index is 13.2. The van der Waals surface area contributed by atoms with Crippen LogP contribution in [-0.2, 0) is 21.0 Å². The minimum absolute atomic E-state index is 0. The van der Waals surface area contributed by atoms with Crippen LogP contribution in [0.15, 0.2) is 71.2 Å². The third-order valence-electron chi connectivity index (χ3n) is 5.68. The summed E-state index contributed by atoms with van der Waals surface area (Å²) >= 11 is 1.15. The van der Waals surface area contributed by atoms with Crippen molar-refractivity contribution in [3.8, 4) is 0 Å². The van der Waals surface area contributed by atoms with E-state index in [0.29, 0.717) is 29.6 Å². The highest BCUT2D eigenvalue weighted by Crippen LogP contribution is 2.35. The molecule has 1 atom stereocenters. The first kappa shape index (κ1) is 22.4. The van der Waals surface area contributed by atoms with Crippen LogP contribution in [0.1, 0.15) is 19.5 Å². The molecule has 1 fully saturated rings. The fraction of sp³-hybridized carbons (Fsp3) is 0.182. The highest BCUT2D eigenvalue weighted by atomic mass is 32.2. The number of hydrogen-bond donors (Lipinski definition) is 1. The molecular formula is C22H19F3N4O3S2. The van der Waals surface area contributed by atoms with Gasteiger partial charge in [-0.25, -0.2) is 13.4 Å². The number of rotatable bonds is 5. The van der Waals surface area contributed by atoms with Crippen LogP contribution in [0.4, 0.5) is 24.0 Å². The number of benzene rings is 2. The number of carbonyl (C=O) groups excluding carboxylic acids is 1. The summed E-state index contributed by atoms with van der Waals surface area (Å²) in [7, 11) is -3.83. The SMILES string of the molecule is O=C1[C@@H](n2ccc3ccc(C(F)(F)F)cc32)CCN1c1ccc(S(=O)(=O)Nc2nccs2)cc1.[HH]. The topological polar surface area (TPSA) is 84.3 Å². The maximum absolute atomic E-state index is 13.2. The average molecular weight is 509 g/mol. The minimum Gasteiger partial charge on any atom is -0.335 e. The number of halogens is 3. The molecule has 7 nitrogen and oxygen atoms in total. The standard InChI is InChI=1S/C22H17F3N4O3S2.H2/c23-22(24,25)15-2-1-14-7-10-29(19(14)13-15)18-8-11-28(20(18)30)16-3-5-17(6-4-16)34(31,32)27-21-26-9-12-33-21;/h1-7,9-10,12-13,18H,8,11H2,(H,26,27);1H/t18-;/m0./s1. The highest BCUT2D eigenvalue weighted by Gasteiger charge is 2.35. The third-order valence-corrected chi connectivity index (χ3v) is 7.85. The van der Waals surface area contributed by atoms with Gasteiger partial charge in [-0.2, -0.15) is 13.2 Å². The van der Waals surface area contributed by atoms with Crippen LogP contribution in [0, 0.1) is 0 Å². The van der Waals surface area contributed by atoms with Crippen LogP contribution in [0.2, 0.25) is 0 Å². The summed E-state index contributed by atoms with van der Waals surface area (Å²) in [5.41, 5.74) is 0.0725. The van der Waals surface area contributed by atoms with E-state index in [9.17, 15) is 26.4 Å². The molecule has 0 saturated carbocycles. The van der Waals surface area contributed by atoms with Crippen LogP contribution in [0.25, 0.3) is 10.9 Å². The molecule has 4 aromatic rings. The monoisotopic (exact) mass is 508 g/mol. The second-order valence-corrected chi connectivity index (χ2v) is 10.3. The van der Waals surface area contributed by atoms with Gasteiger partial charge >= 0.3 is 6.18 Å². The molecule has 0 bridgehead atoms. The molecule has 0 spiro atoms. The van der Waals surface area contributed by atoms with E-state index < -0.39 is 27.8 Å². The van der Waals surface area contributed by atoms with Crippen LogP contribution < -0.4 is 9.62 Å². The Morgan fingerprint density at radius 3 is 2.56 bits per heavy atom. The summed E-state index contributed by atoms with van der Waals surface area (Å²) in [5, 5.41) is 2.50. The summed E-state index contributed by atoms with van der Waals surface area (Å²) in [6.07, 6.45) is -0.966. The van der Waals surface area contributed by atoms with Crippen LogP contribution in [-0.4, -0.2) is 30.4 Å². The number of thiazole rings is 1. The molecular weight excluding hydrogens is 489 g/mol. The van der Waals surface area contributed by atoms with Gasteiger partial charge in [0.05, 0.1) is 10.5 Å². The lowest BCUT2D eigenvalue weighted by Crippen LogP contribution is -2.28. The van der Waals surface area contributed by atoms with Crippen molar-refractivity contribution in [2.45, 2.75) is 23.5 Å². The molecule has 0 unspecified atom stereocenters. The van der Waals surface area contributed by atoms with E-state index in [1.165, 1.54) is 41.4 Å². The zero-order valence-corrected chi connectivity index (χ0v) is 19.0. The van der Waals surface area contributed by atoms with Crippen molar-refractivity contribution in [2.75, 3.05) is 16.2 Å². The molecule has 12 heteroatoms. The van der Waals surface area contributed by atoms with Gasteiger partial charge in [0.25, 0.3) is 10.0 Å². The van der Waals surface area contributed by atoms with E-state index in [4.69, 9.17) is 0 Å². The largest absolute Gasteiger partial charge is 0.416 e. The summed E-state index contributed by atoms with van der Waals surface area (Å²) in [6.45, 7) is 0.353. The van der Waals surface area contributed by atoms with E-state index >= 15 is 0 Å². The Balaban J connectivity index is 0.00000289. The van der Waals surface area contributed by atoms with Gasteiger partial charge in [0, 0.05) is 36.9 Å². The van der Waals surface area contributed by atoms with Gasteiger partial charge in [-0.15, -0.1) is 11.3 Å². The molecule has 2 aromatic heterocycles. The molecule has 5 rings (SSSR count). The van der Waals surface area contributed by atoms with E-state index in [0.717, 1.165) is 23.5 Å². The zero-order valence-electron chi connectivity index (χ0n) is 17.4. The fourth-order valence-corrected chi connectivity index (χ4v) is 5.82. The molecule has 2 aromatic carbocycles. The van der Waals surface area contributed by atoms with Crippen LogP contribution in [0.3, 0.4) is 0 Å². The van der Waals surface area contributed by atoms with Gasteiger partial charge in [-0.05, 0) is 54.3 Å². The first-order valence-electron chi connectivity index (χ1n) is 10.1. The summed E-state index contributed by atoms with van der Waals surface area (Å²) in [6, 6.07) is 10.4. The van der Waals surface area contributed by atoms with Crippen molar-refractivity contribution in [3.63, 3.8) is 0 Å². The first-order valence-corrected chi connectivity index (χ1v) is 12.5. The molecule has 0 aliphatic carbocycles. The summed E-state index contributed by atoms with van der Waals surface area (Å²) in [4.78, 5) is 18.6. The molecule has 0 radical (unpaired) electrons. The van der Waals surface area contributed by atoms with Crippen molar-refractivity contribution >= 4 is 49.0 Å². The number of nitrogens with zero attached hydrogens (tertiary/aromatic N) is 3. The quantitative estimate of drug-likeness (QED) is 0.405. The average Bonchev–Trinajstić information content (AvgIpc) is 3.52. The van der Waals surface area contributed by atoms with Gasteiger partial charge in [-0.1, -0.05) is 6.07 Å². The lowest BCUT2D eigenvalue weighted by Gasteiger charge is -2.18. The molecule has 1 aliphatic heterocycles. The van der Waals surface area contributed by atoms with Gasteiger partial charge in [0.1, 0.15) is 6.04 Å². The molecule has 178 valence electrons. The van der Waals surface area contributed by atoms with E-state index in [-0.39, 0.29) is 17.4 Å². The van der Waals surface area contributed by atoms with Gasteiger partial charge in [0.15, 0.2) is 5.13 Å². The van der Waals surface area contributed by atoms with E-state index in [2.05, 4.69) is 9.71 Å². The smallest absolute Gasteiger partial charge is 0.335 e. The molecule has 1 amide bonds. The Hall–Kier alpha value is -3.38. The number of fused-ring (bicyclic) bond motifs is 1. The maximum Gasteiger partial charge on any atom is 0.416 e. The fourth-order valence-electron chi connectivity index (χ4n) is 4.03. The second-order valence-electron chi connectivity index (χ2n) is 7.73. The van der Waals surface area contributed by atoms with Gasteiger partial charge in [0.2, 0.25) is 5.91 Å². The molecule has 3 heterocycles. The molecule has 1 N–H and O–H groups in total. The number of amides is 1. The Morgan fingerprint density at radius 1 is 1.12 bits per heavy atom. The number of carbonyl (C=O) groups is 1. The second kappa shape index (κ2) is 8.13. The molecule has 1 saturated heterocycles. The van der Waals surface area contributed by atoms with Crippen LogP contribution >= 0.6 is 11.3 Å². The zero-order chi connectivity index (χ0) is 24.1.